The number of carbonyl (C=O) groups is 1. The number of fused-ring (bicyclic) bond motifs is 3. The third-order valence-corrected chi connectivity index (χ3v) is 10.9. The van der Waals surface area contributed by atoms with Crippen molar-refractivity contribution in [1.82, 2.24) is 0 Å². The normalized spacial score (nSPS) is 41.6. The molecule has 0 radical (unpaired) electrons. The van der Waals surface area contributed by atoms with Crippen molar-refractivity contribution in [2.75, 3.05) is 13.2 Å². The largest absolute Gasteiger partial charge is 0.347 e. The quantitative estimate of drug-likeness (QED) is 0.389. The second-order valence-electron chi connectivity index (χ2n) is 13.0. The average Bonchev–Trinajstić information content (AvgIpc) is 3.34. The van der Waals surface area contributed by atoms with Gasteiger partial charge in [-0.15, -0.1) is 0 Å². The first-order valence-electron chi connectivity index (χ1n) is 13.9. The van der Waals surface area contributed by atoms with Gasteiger partial charge in [0.2, 0.25) is 0 Å². The number of hydrogen-bond acceptors (Lipinski definition) is 3. The highest BCUT2D eigenvalue weighted by Gasteiger charge is 2.65. The number of rotatable bonds is 8. The molecule has 0 N–H and O–H groups in total. The van der Waals surface area contributed by atoms with E-state index in [4.69, 9.17) is 9.47 Å². The zero-order chi connectivity index (χ0) is 23.1. The summed E-state index contributed by atoms with van der Waals surface area (Å²) in [6.07, 6.45) is 13.5. The number of carbonyl (C=O) groups excluding carboxylic acids is 1. The lowest BCUT2D eigenvalue weighted by atomic mass is 9.46. The van der Waals surface area contributed by atoms with E-state index in [9.17, 15) is 4.79 Å². The van der Waals surface area contributed by atoms with Crippen LogP contribution in [0.3, 0.4) is 0 Å². The van der Waals surface area contributed by atoms with E-state index in [1.165, 1.54) is 51.4 Å². The molecule has 1 heterocycles. The number of ether oxygens (including phenoxy) is 2. The van der Waals surface area contributed by atoms with Crippen LogP contribution in [0.1, 0.15) is 112 Å². The first-order chi connectivity index (χ1) is 15.1. The van der Waals surface area contributed by atoms with Crippen molar-refractivity contribution < 1.29 is 14.3 Å². The summed E-state index contributed by atoms with van der Waals surface area (Å²) >= 11 is 0. The van der Waals surface area contributed by atoms with Crippen LogP contribution in [-0.4, -0.2) is 24.8 Å². The second-order valence-corrected chi connectivity index (χ2v) is 13.0. The summed E-state index contributed by atoms with van der Waals surface area (Å²) in [6, 6.07) is 0. The smallest absolute Gasteiger partial charge is 0.174 e. The Balaban J connectivity index is 1.53. The molecule has 3 saturated carbocycles. The molecule has 1 spiro atoms. The van der Waals surface area contributed by atoms with Gasteiger partial charge in [-0.2, -0.15) is 0 Å². The number of Topliss-reactive ketones (excluding diaryl/α,β-unsaturated/α-hetero) is 1. The molecule has 0 bridgehead atoms. The van der Waals surface area contributed by atoms with Crippen molar-refractivity contribution in [2.45, 2.75) is 118 Å². The summed E-state index contributed by atoms with van der Waals surface area (Å²) in [6.45, 7) is 15.5. The van der Waals surface area contributed by atoms with Crippen LogP contribution < -0.4 is 0 Å². The van der Waals surface area contributed by atoms with Gasteiger partial charge in [-0.05, 0) is 86.4 Å². The highest BCUT2D eigenvalue weighted by molar-refractivity contribution is 5.75. The summed E-state index contributed by atoms with van der Waals surface area (Å²) in [5.74, 6) is 4.66. The molecule has 3 aliphatic carbocycles. The molecule has 4 rings (SSSR count). The van der Waals surface area contributed by atoms with E-state index in [1.807, 2.05) is 0 Å². The summed E-state index contributed by atoms with van der Waals surface area (Å²) < 4.78 is 12.8. The lowest BCUT2D eigenvalue weighted by Crippen LogP contribution is -2.60. The highest BCUT2D eigenvalue weighted by Crippen LogP contribution is 2.69. The third-order valence-electron chi connectivity index (χ3n) is 10.9. The maximum atomic E-state index is 12.0. The van der Waals surface area contributed by atoms with Gasteiger partial charge < -0.3 is 14.3 Å². The topological polar surface area (TPSA) is 35.5 Å². The highest BCUT2D eigenvalue weighted by atomic mass is 16.7. The van der Waals surface area contributed by atoms with Crippen LogP contribution in [0.25, 0.3) is 0 Å². The summed E-state index contributed by atoms with van der Waals surface area (Å²) in [5.41, 5.74) is 0.460. The molecular weight excluding hydrogens is 396 g/mol. The molecule has 4 fully saturated rings. The van der Waals surface area contributed by atoms with Crippen molar-refractivity contribution in [3.05, 3.63) is 0 Å². The Labute approximate surface area is 197 Å². The van der Waals surface area contributed by atoms with E-state index in [-0.39, 0.29) is 5.41 Å². The molecule has 0 aromatic carbocycles. The fourth-order valence-electron chi connectivity index (χ4n) is 9.17. The summed E-state index contributed by atoms with van der Waals surface area (Å²) in [5, 5.41) is 0. The lowest BCUT2D eigenvalue weighted by molar-refractivity contribution is -0.291. The molecule has 3 heteroatoms. The molecule has 0 aromatic rings. The zero-order valence-electron chi connectivity index (χ0n) is 21.9. The fourth-order valence-corrected chi connectivity index (χ4v) is 9.17. The summed E-state index contributed by atoms with van der Waals surface area (Å²) in [7, 11) is 0. The van der Waals surface area contributed by atoms with Crippen molar-refractivity contribution in [3.8, 4) is 0 Å². The van der Waals surface area contributed by atoms with Crippen molar-refractivity contribution >= 4 is 5.78 Å². The van der Waals surface area contributed by atoms with Crippen LogP contribution in [0, 0.1) is 46.3 Å². The van der Waals surface area contributed by atoms with Crippen molar-refractivity contribution in [2.24, 2.45) is 46.3 Å². The van der Waals surface area contributed by atoms with E-state index < -0.39 is 5.79 Å². The third kappa shape index (κ3) is 4.12. The van der Waals surface area contributed by atoms with Crippen LogP contribution in [0.15, 0.2) is 0 Å². The lowest BCUT2D eigenvalue weighted by Gasteiger charge is -2.61. The Morgan fingerprint density at radius 3 is 2.31 bits per heavy atom. The Morgan fingerprint density at radius 1 is 0.938 bits per heavy atom. The van der Waals surface area contributed by atoms with Gasteiger partial charge in [-0.25, -0.2) is 0 Å². The van der Waals surface area contributed by atoms with Crippen LogP contribution in [0.5, 0.6) is 0 Å². The van der Waals surface area contributed by atoms with E-state index in [0.29, 0.717) is 36.8 Å². The molecule has 3 nitrogen and oxygen atoms in total. The Morgan fingerprint density at radius 2 is 1.66 bits per heavy atom. The molecule has 7 atom stereocenters. The standard InChI is InChI=1S/C29H50O3/c1-20(2)8-7-9-21(3)24-10-11-25-23-13-17-29(31-18-19-32-29)28(6,16-12-22(4)30)26(23)14-15-27(24,25)5/h20-21,23-26H,7-19H2,1-6H3/t21-,23+,24-,25+,26+,27-,28-/m1/s1. The van der Waals surface area contributed by atoms with E-state index in [2.05, 4.69) is 34.6 Å². The van der Waals surface area contributed by atoms with Crippen molar-refractivity contribution in [3.63, 3.8) is 0 Å². The molecule has 1 aliphatic heterocycles. The Hall–Kier alpha value is -0.410. The predicted molar refractivity (Wildman–Crippen MR) is 130 cm³/mol. The molecule has 184 valence electrons. The van der Waals surface area contributed by atoms with E-state index in [1.54, 1.807) is 6.92 Å². The minimum Gasteiger partial charge on any atom is -0.347 e. The van der Waals surface area contributed by atoms with Crippen LogP contribution in [0.4, 0.5) is 0 Å². The van der Waals surface area contributed by atoms with Crippen molar-refractivity contribution in [1.29, 1.82) is 0 Å². The fraction of sp³-hybridized carbons (Fsp3) is 0.966. The van der Waals surface area contributed by atoms with Gasteiger partial charge in [0.15, 0.2) is 5.79 Å². The van der Waals surface area contributed by atoms with E-state index >= 15 is 0 Å². The monoisotopic (exact) mass is 446 g/mol. The van der Waals surface area contributed by atoms with Crippen LogP contribution >= 0.6 is 0 Å². The minimum absolute atomic E-state index is 0.0413. The molecular formula is C29H50O3. The van der Waals surface area contributed by atoms with Gasteiger partial charge in [0.1, 0.15) is 5.78 Å². The molecule has 0 amide bonds. The molecule has 4 aliphatic rings. The predicted octanol–water partition coefficient (Wildman–Crippen LogP) is 7.42. The first-order valence-corrected chi connectivity index (χ1v) is 13.9. The molecule has 32 heavy (non-hydrogen) atoms. The first kappa shape index (κ1) is 24.7. The van der Waals surface area contributed by atoms with Gasteiger partial charge in [0.25, 0.3) is 0 Å². The maximum Gasteiger partial charge on any atom is 0.174 e. The second kappa shape index (κ2) is 9.33. The minimum atomic E-state index is -0.445. The molecule has 0 unspecified atom stereocenters. The maximum absolute atomic E-state index is 12.0. The Bertz CT molecular complexity index is 665. The van der Waals surface area contributed by atoms with Gasteiger partial charge in [-0.1, -0.05) is 53.9 Å². The SMILES string of the molecule is CC(=O)CC[C@]1(C)[C@H]2CC[C@]3(C)[C@@H]([C@H](C)CCCC(C)C)CC[C@H]3[C@@H]2CCC12OCCO2. The van der Waals surface area contributed by atoms with E-state index in [0.717, 1.165) is 42.4 Å². The van der Waals surface area contributed by atoms with Crippen LogP contribution in [0.2, 0.25) is 0 Å². The number of hydrogen-bond donors (Lipinski definition) is 0. The zero-order valence-corrected chi connectivity index (χ0v) is 21.9. The Kier molecular flexibility index (Phi) is 7.20. The number of ketones is 1. The summed E-state index contributed by atoms with van der Waals surface area (Å²) in [4.78, 5) is 12.0. The molecule has 0 aromatic heterocycles. The van der Waals surface area contributed by atoms with Gasteiger partial charge >= 0.3 is 0 Å². The van der Waals surface area contributed by atoms with Gasteiger partial charge in [0, 0.05) is 18.3 Å². The van der Waals surface area contributed by atoms with Gasteiger partial charge in [0.05, 0.1) is 13.2 Å². The molecule has 1 saturated heterocycles. The average molecular weight is 447 g/mol. The van der Waals surface area contributed by atoms with Gasteiger partial charge in [-0.3, -0.25) is 0 Å². The van der Waals surface area contributed by atoms with Crippen LogP contribution in [-0.2, 0) is 14.3 Å².